The SMILES string of the molecule is NCc1cc(N2CCCc3ccccc32)ccn1. The molecule has 92 valence electrons. The van der Waals surface area contributed by atoms with E-state index in [-0.39, 0.29) is 0 Å². The molecule has 1 aliphatic heterocycles. The number of fused-ring (bicyclic) bond motifs is 1. The molecule has 1 aromatic heterocycles. The molecule has 0 aliphatic carbocycles. The number of nitrogens with two attached hydrogens (primary N) is 1. The number of hydrogen-bond donors (Lipinski definition) is 1. The molecule has 0 saturated carbocycles. The van der Waals surface area contributed by atoms with Gasteiger partial charge < -0.3 is 10.6 Å². The highest BCUT2D eigenvalue weighted by Crippen LogP contribution is 2.33. The monoisotopic (exact) mass is 239 g/mol. The number of benzene rings is 1. The molecule has 1 aromatic carbocycles. The highest BCUT2D eigenvalue weighted by Gasteiger charge is 2.17. The average molecular weight is 239 g/mol. The Morgan fingerprint density at radius 1 is 1.22 bits per heavy atom. The number of aryl methyl sites for hydroxylation is 1. The van der Waals surface area contributed by atoms with Crippen molar-refractivity contribution in [2.75, 3.05) is 11.4 Å². The van der Waals surface area contributed by atoms with E-state index < -0.39 is 0 Å². The molecule has 0 saturated heterocycles. The maximum absolute atomic E-state index is 5.66. The van der Waals surface area contributed by atoms with E-state index in [2.05, 4.69) is 46.3 Å². The molecule has 0 amide bonds. The van der Waals surface area contributed by atoms with Gasteiger partial charge >= 0.3 is 0 Å². The van der Waals surface area contributed by atoms with Crippen LogP contribution in [-0.2, 0) is 13.0 Å². The van der Waals surface area contributed by atoms with E-state index in [0.29, 0.717) is 6.54 Å². The van der Waals surface area contributed by atoms with Crippen molar-refractivity contribution in [3.8, 4) is 0 Å². The van der Waals surface area contributed by atoms with Crippen molar-refractivity contribution < 1.29 is 0 Å². The van der Waals surface area contributed by atoms with Crippen molar-refractivity contribution in [3.05, 3.63) is 53.9 Å². The highest BCUT2D eigenvalue weighted by molar-refractivity contribution is 5.67. The fourth-order valence-corrected chi connectivity index (χ4v) is 2.55. The van der Waals surface area contributed by atoms with Crippen LogP contribution < -0.4 is 10.6 Å². The minimum absolute atomic E-state index is 0.489. The summed E-state index contributed by atoms with van der Waals surface area (Å²) in [4.78, 5) is 6.62. The summed E-state index contributed by atoms with van der Waals surface area (Å²) < 4.78 is 0. The maximum atomic E-state index is 5.66. The van der Waals surface area contributed by atoms with Crippen LogP contribution in [0.2, 0.25) is 0 Å². The topological polar surface area (TPSA) is 42.1 Å². The van der Waals surface area contributed by atoms with Gasteiger partial charge in [0, 0.05) is 30.7 Å². The van der Waals surface area contributed by atoms with E-state index in [9.17, 15) is 0 Å². The third-order valence-corrected chi connectivity index (χ3v) is 3.43. The van der Waals surface area contributed by atoms with E-state index >= 15 is 0 Å². The molecule has 3 rings (SSSR count). The predicted octanol–water partition coefficient (Wildman–Crippen LogP) is 2.62. The Balaban J connectivity index is 2.02. The molecule has 0 radical (unpaired) electrons. The van der Waals surface area contributed by atoms with Gasteiger partial charge in [0.05, 0.1) is 5.69 Å². The number of pyridine rings is 1. The van der Waals surface area contributed by atoms with Gasteiger partial charge in [0.15, 0.2) is 0 Å². The molecule has 2 N–H and O–H groups in total. The smallest absolute Gasteiger partial charge is 0.0560 e. The Morgan fingerprint density at radius 2 is 2.11 bits per heavy atom. The summed E-state index contributed by atoms with van der Waals surface area (Å²) in [5.41, 5.74) is 10.5. The number of hydrogen-bond acceptors (Lipinski definition) is 3. The Bertz CT molecular complexity index is 551. The zero-order chi connectivity index (χ0) is 12.4. The molecular weight excluding hydrogens is 222 g/mol. The third-order valence-electron chi connectivity index (χ3n) is 3.43. The summed E-state index contributed by atoms with van der Waals surface area (Å²) >= 11 is 0. The van der Waals surface area contributed by atoms with Crippen LogP contribution in [0.4, 0.5) is 11.4 Å². The van der Waals surface area contributed by atoms with Gasteiger partial charge in [-0.05, 0) is 36.6 Å². The number of anilines is 2. The van der Waals surface area contributed by atoms with E-state index in [1.54, 1.807) is 0 Å². The molecule has 2 heterocycles. The Labute approximate surface area is 107 Å². The van der Waals surface area contributed by atoms with Crippen molar-refractivity contribution in [2.24, 2.45) is 5.73 Å². The third kappa shape index (κ3) is 1.97. The van der Waals surface area contributed by atoms with Crippen molar-refractivity contribution >= 4 is 11.4 Å². The Hall–Kier alpha value is -1.87. The zero-order valence-corrected chi connectivity index (χ0v) is 10.3. The Kier molecular flexibility index (Phi) is 2.99. The summed E-state index contributed by atoms with van der Waals surface area (Å²) in [6.07, 6.45) is 4.20. The standard InChI is InChI=1S/C15H17N3/c16-11-13-10-14(7-8-17-13)18-9-3-5-12-4-1-2-6-15(12)18/h1-2,4,6-8,10H,3,5,9,11,16H2. The van der Waals surface area contributed by atoms with Crippen molar-refractivity contribution in [3.63, 3.8) is 0 Å². The van der Waals surface area contributed by atoms with Crippen LogP contribution in [0, 0.1) is 0 Å². The van der Waals surface area contributed by atoms with Gasteiger partial charge in [-0.3, -0.25) is 4.98 Å². The van der Waals surface area contributed by atoms with Crippen LogP contribution in [0.25, 0.3) is 0 Å². The summed E-state index contributed by atoms with van der Waals surface area (Å²) in [7, 11) is 0. The fraction of sp³-hybridized carbons (Fsp3) is 0.267. The fourth-order valence-electron chi connectivity index (χ4n) is 2.55. The van der Waals surface area contributed by atoms with Crippen LogP contribution >= 0.6 is 0 Å². The van der Waals surface area contributed by atoms with Crippen LogP contribution in [0.1, 0.15) is 17.7 Å². The van der Waals surface area contributed by atoms with Gasteiger partial charge in [-0.15, -0.1) is 0 Å². The van der Waals surface area contributed by atoms with Crippen molar-refractivity contribution in [2.45, 2.75) is 19.4 Å². The van der Waals surface area contributed by atoms with Gasteiger partial charge in [-0.25, -0.2) is 0 Å². The lowest BCUT2D eigenvalue weighted by atomic mass is 10.0. The summed E-state index contributed by atoms with van der Waals surface area (Å²) in [6.45, 7) is 1.55. The minimum atomic E-state index is 0.489. The molecular formula is C15H17N3. The highest BCUT2D eigenvalue weighted by atomic mass is 15.1. The van der Waals surface area contributed by atoms with Gasteiger partial charge in [0.25, 0.3) is 0 Å². The summed E-state index contributed by atoms with van der Waals surface area (Å²) in [5, 5.41) is 0. The first-order chi connectivity index (χ1) is 8.88. The molecule has 3 nitrogen and oxygen atoms in total. The molecule has 0 atom stereocenters. The van der Waals surface area contributed by atoms with Gasteiger partial charge in [0.1, 0.15) is 0 Å². The predicted molar refractivity (Wildman–Crippen MR) is 73.9 cm³/mol. The molecule has 0 spiro atoms. The number of para-hydroxylation sites is 1. The number of aromatic nitrogens is 1. The first-order valence-electron chi connectivity index (χ1n) is 6.39. The number of nitrogens with zero attached hydrogens (tertiary/aromatic N) is 2. The van der Waals surface area contributed by atoms with E-state index in [1.807, 2.05) is 6.20 Å². The van der Waals surface area contributed by atoms with Crippen molar-refractivity contribution in [1.29, 1.82) is 0 Å². The van der Waals surface area contributed by atoms with E-state index in [1.165, 1.54) is 29.8 Å². The largest absolute Gasteiger partial charge is 0.341 e. The van der Waals surface area contributed by atoms with Crippen LogP contribution in [0.15, 0.2) is 42.6 Å². The van der Waals surface area contributed by atoms with Crippen LogP contribution in [0.3, 0.4) is 0 Å². The molecule has 18 heavy (non-hydrogen) atoms. The number of rotatable bonds is 2. The van der Waals surface area contributed by atoms with Crippen LogP contribution in [0.5, 0.6) is 0 Å². The van der Waals surface area contributed by atoms with Gasteiger partial charge in [-0.1, -0.05) is 18.2 Å². The molecule has 2 aromatic rings. The molecule has 3 heteroatoms. The lowest BCUT2D eigenvalue weighted by Crippen LogP contribution is -2.24. The summed E-state index contributed by atoms with van der Waals surface area (Å²) in [6, 6.07) is 12.8. The van der Waals surface area contributed by atoms with E-state index in [4.69, 9.17) is 5.73 Å². The quantitative estimate of drug-likeness (QED) is 0.876. The first kappa shape index (κ1) is 11.2. The molecule has 0 bridgehead atoms. The van der Waals surface area contributed by atoms with Gasteiger partial charge in [-0.2, -0.15) is 0 Å². The van der Waals surface area contributed by atoms with Crippen molar-refractivity contribution in [1.82, 2.24) is 4.98 Å². The summed E-state index contributed by atoms with van der Waals surface area (Å²) in [5.74, 6) is 0. The van der Waals surface area contributed by atoms with Crippen LogP contribution in [-0.4, -0.2) is 11.5 Å². The molecule has 1 aliphatic rings. The first-order valence-corrected chi connectivity index (χ1v) is 6.39. The normalized spacial score (nSPS) is 14.4. The molecule has 0 unspecified atom stereocenters. The zero-order valence-electron chi connectivity index (χ0n) is 10.3. The maximum Gasteiger partial charge on any atom is 0.0560 e. The lowest BCUT2D eigenvalue weighted by Gasteiger charge is -2.31. The second-order valence-corrected chi connectivity index (χ2v) is 4.59. The minimum Gasteiger partial charge on any atom is -0.341 e. The second-order valence-electron chi connectivity index (χ2n) is 4.59. The van der Waals surface area contributed by atoms with Gasteiger partial charge in [0.2, 0.25) is 0 Å². The lowest BCUT2D eigenvalue weighted by molar-refractivity contribution is 0.765. The Morgan fingerprint density at radius 3 is 3.00 bits per heavy atom. The molecule has 0 fully saturated rings. The van der Waals surface area contributed by atoms with E-state index in [0.717, 1.165) is 12.2 Å². The average Bonchev–Trinajstić information content (AvgIpc) is 2.47. The second kappa shape index (κ2) is 4.78.